The highest BCUT2D eigenvalue weighted by atomic mass is 16.4. The molecule has 0 spiro atoms. The minimum Gasteiger partial charge on any atom is -0.480 e. The summed E-state index contributed by atoms with van der Waals surface area (Å²) in [6.45, 7) is 2.88. The fraction of sp³-hybridized carbons (Fsp3) is 0.667. The Kier molecular flexibility index (Phi) is 6.09. The zero-order valence-corrected chi connectivity index (χ0v) is 9.32. The number of amides is 2. The molecule has 0 unspecified atom stereocenters. The molecule has 0 aromatic heterocycles. The standard InChI is InChI=1S/C9H17N3O4/c1-5(2)8(9(15)16)12-7(14)4-11-6(13)3-10/h5,8H,3-4,10H2,1-2H3,(H,11,13)(H,12,14)(H,15,16)/t8-/m0/s1. The molecule has 2 amide bonds. The number of hydrogen-bond donors (Lipinski definition) is 4. The predicted molar refractivity (Wildman–Crippen MR) is 56.5 cm³/mol. The number of hydrogen-bond acceptors (Lipinski definition) is 4. The Balaban J connectivity index is 4.11. The van der Waals surface area contributed by atoms with Gasteiger partial charge in [-0.05, 0) is 5.92 Å². The first-order valence-corrected chi connectivity index (χ1v) is 4.87. The summed E-state index contributed by atoms with van der Waals surface area (Å²) in [7, 11) is 0. The lowest BCUT2D eigenvalue weighted by molar-refractivity contribution is -0.143. The second-order valence-corrected chi connectivity index (χ2v) is 3.61. The molecule has 16 heavy (non-hydrogen) atoms. The molecule has 0 saturated heterocycles. The molecule has 0 aromatic carbocycles. The van der Waals surface area contributed by atoms with Crippen LogP contribution in [0.25, 0.3) is 0 Å². The van der Waals surface area contributed by atoms with E-state index < -0.39 is 23.8 Å². The summed E-state index contributed by atoms with van der Waals surface area (Å²) in [6.07, 6.45) is 0. The summed E-state index contributed by atoms with van der Waals surface area (Å²) in [5, 5.41) is 13.3. The molecule has 0 saturated carbocycles. The molecule has 0 bridgehead atoms. The molecule has 0 heterocycles. The van der Waals surface area contributed by atoms with Crippen molar-refractivity contribution in [2.24, 2.45) is 11.7 Å². The Hall–Kier alpha value is -1.63. The summed E-state index contributed by atoms with van der Waals surface area (Å²) in [5.41, 5.74) is 5.02. The van der Waals surface area contributed by atoms with Crippen molar-refractivity contribution < 1.29 is 19.5 Å². The molecule has 0 aliphatic heterocycles. The first kappa shape index (κ1) is 14.4. The number of carbonyl (C=O) groups is 3. The number of carboxylic acid groups (broad SMARTS) is 1. The van der Waals surface area contributed by atoms with E-state index in [4.69, 9.17) is 10.8 Å². The number of rotatable bonds is 6. The van der Waals surface area contributed by atoms with Crippen LogP contribution in [0.4, 0.5) is 0 Å². The van der Waals surface area contributed by atoms with E-state index in [1.54, 1.807) is 13.8 Å². The lowest BCUT2D eigenvalue weighted by atomic mass is 10.1. The van der Waals surface area contributed by atoms with Gasteiger partial charge >= 0.3 is 5.97 Å². The van der Waals surface area contributed by atoms with Gasteiger partial charge in [-0.2, -0.15) is 0 Å². The van der Waals surface area contributed by atoms with E-state index in [0.29, 0.717) is 0 Å². The third kappa shape index (κ3) is 5.30. The van der Waals surface area contributed by atoms with E-state index in [-0.39, 0.29) is 19.0 Å². The lowest BCUT2D eigenvalue weighted by Gasteiger charge is -2.17. The highest BCUT2D eigenvalue weighted by molar-refractivity contribution is 5.88. The highest BCUT2D eigenvalue weighted by Crippen LogP contribution is 2.00. The second-order valence-electron chi connectivity index (χ2n) is 3.61. The van der Waals surface area contributed by atoms with Gasteiger partial charge in [-0.25, -0.2) is 4.79 Å². The average molecular weight is 231 g/mol. The van der Waals surface area contributed by atoms with Crippen LogP contribution in [-0.2, 0) is 14.4 Å². The minimum atomic E-state index is -1.10. The van der Waals surface area contributed by atoms with Crippen LogP contribution in [0.1, 0.15) is 13.8 Å². The molecule has 0 aliphatic rings. The topological polar surface area (TPSA) is 122 Å². The van der Waals surface area contributed by atoms with E-state index in [1.165, 1.54) is 0 Å². The molecule has 0 radical (unpaired) electrons. The molecule has 1 atom stereocenters. The molecule has 0 aromatic rings. The maximum atomic E-state index is 11.3. The third-order valence-corrected chi connectivity index (χ3v) is 1.88. The normalized spacial score (nSPS) is 12.0. The van der Waals surface area contributed by atoms with Crippen LogP contribution >= 0.6 is 0 Å². The Morgan fingerprint density at radius 1 is 1.25 bits per heavy atom. The Bertz CT molecular complexity index is 278. The van der Waals surface area contributed by atoms with Gasteiger partial charge in [-0.3, -0.25) is 9.59 Å². The first-order valence-electron chi connectivity index (χ1n) is 4.87. The second kappa shape index (κ2) is 6.78. The van der Waals surface area contributed by atoms with Crippen molar-refractivity contribution >= 4 is 17.8 Å². The van der Waals surface area contributed by atoms with Gasteiger partial charge in [0.2, 0.25) is 11.8 Å². The van der Waals surface area contributed by atoms with Crippen molar-refractivity contribution in [3.63, 3.8) is 0 Å². The molecular weight excluding hydrogens is 214 g/mol. The van der Waals surface area contributed by atoms with Gasteiger partial charge in [-0.1, -0.05) is 13.8 Å². The van der Waals surface area contributed by atoms with E-state index in [0.717, 1.165) is 0 Å². The largest absolute Gasteiger partial charge is 0.480 e. The maximum absolute atomic E-state index is 11.3. The van der Waals surface area contributed by atoms with Crippen LogP contribution in [0.15, 0.2) is 0 Å². The van der Waals surface area contributed by atoms with Crippen molar-refractivity contribution in [2.75, 3.05) is 13.1 Å². The lowest BCUT2D eigenvalue weighted by Crippen LogP contribution is -2.48. The maximum Gasteiger partial charge on any atom is 0.326 e. The predicted octanol–water partition coefficient (Wildman–Crippen LogP) is -1.71. The minimum absolute atomic E-state index is 0.209. The zero-order chi connectivity index (χ0) is 12.7. The molecule has 7 nitrogen and oxygen atoms in total. The molecular formula is C9H17N3O4. The van der Waals surface area contributed by atoms with Crippen LogP contribution in [0.3, 0.4) is 0 Å². The van der Waals surface area contributed by atoms with E-state index in [1.807, 2.05) is 0 Å². The van der Waals surface area contributed by atoms with Gasteiger partial charge in [0.1, 0.15) is 6.04 Å². The SMILES string of the molecule is CC(C)[C@H](NC(=O)CNC(=O)CN)C(=O)O. The summed E-state index contributed by atoms with van der Waals surface area (Å²) in [5.74, 6) is -2.35. The van der Waals surface area contributed by atoms with Crippen LogP contribution in [0, 0.1) is 5.92 Å². The van der Waals surface area contributed by atoms with Crippen LogP contribution in [0.2, 0.25) is 0 Å². The van der Waals surface area contributed by atoms with Crippen molar-refractivity contribution in [3.05, 3.63) is 0 Å². The smallest absolute Gasteiger partial charge is 0.326 e. The fourth-order valence-corrected chi connectivity index (χ4v) is 0.989. The number of carbonyl (C=O) groups excluding carboxylic acids is 2. The summed E-state index contributed by atoms with van der Waals surface area (Å²) >= 11 is 0. The Morgan fingerprint density at radius 3 is 2.19 bits per heavy atom. The van der Waals surface area contributed by atoms with Gasteiger partial charge in [-0.15, -0.1) is 0 Å². The molecule has 0 aliphatic carbocycles. The van der Waals surface area contributed by atoms with Gasteiger partial charge < -0.3 is 21.5 Å². The van der Waals surface area contributed by atoms with Crippen molar-refractivity contribution in [1.29, 1.82) is 0 Å². The number of carboxylic acids is 1. The van der Waals surface area contributed by atoms with Crippen LogP contribution < -0.4 is 16.4 Å². The monoisotopic (exact) mass is 231 g/mol. The van der Waals surface area contributed by atoms with Gasteiger partial charge in [0, 0.05) is 0 Å². The highest BCUT2D eigenvalue weighted by Gasteiger charge is 2.23. The molecule has 5 N–H and O–H groups in total. The first-order chi connectivity index (χ1) is 7.38. The fourth-order valence-electron chi connectivity index (χ4n) is 0.989. The van der Waals surface area contributed by atoms with Gasteiger partial charge in [0.05, 0.1) is 13.1 Å². The number of aliphatic carboxylic acids is 1. The number of nitrogens with two attached hydrogens (primary N) is 1. The van der Waals surface area contributed by atoms with Gasteiger partial charge in [0.15, 0.2) is 0 Å². The molecule has 92 valence electrons. The van der Waals surface area contributed by atoms with E-state index in [9.17, 15) is 14.4 Å². The third-order valence-electron chi connectivity index (χ3n) is 1.88. The van der Waals surface area contributed by atoms with E-state index in [2.05, 4.69) is 10.6 Å². The van der Waals surface area contributed by atoms with Crippen molar-refractivity contribution in [2.45, 2.75) is 19.9 Å². The summed E-state index contributed by atoms with van der Waals surface area (Å²) in [4.78, 5) is 32.7. The van der Waals surface area contributed by atoms with Crippen molar-refractivity contribution in [3.8, 4) is 0 Å². The van der Waals surface area contributed by atoms with Crippen LogP contribution in [0.5, 0.6) is 0 Å². The van der Waals surface area contributed by atoms with Gasteiger partial charge in [0.25, 0.3) is 0 Å². The molecule has 0 rings (SSSR count). The summed E-state index contributed by atoms with van der Waals surface area (Å²) < 4.78 is 0. The Labute approximate surface area is 93.4 Å². The molecule has 7 heteroatoms. The number of nitrogens with one attached hydrogen (secondary N) is 2. The molecule has 0 fully saturated rings. The summed E-state index contributed by atoms with van der Waals surface area (Å²) in [6, 6.07) is -0.956. The average Bonchev–Trinajstić information content (AvgIpc) is 2.21. The van der Waals surface area contributed by atoms with Crippen molar-refractivity contribution in [1.82, 2.24) is 10.6 Å². The Morgan fingerprint density at radius 2 is 1.81 bits per heavy atom. The van der Waals surface area contributed by atoms with E-state index >= 15 is 0 Å². The zero-order valence-electron chi connectivity index (χ0n) is 9.32. The van der Waals surface area contributed by atoms with Crippen LogP contribution in [-0.4, -0.2) is 42.0 Å². The quantitative estimate of drug-likeness (QED) is 0.433.